The molecule has 7 heteroatoms. The van der Waals surface area contributed by atoms with E-state index in [2.05, 4.69) is 15.3 Å². The number of amides is 1. The maximum atomic E-state index is 11.9. The first-order valence-corrected chi connectivity index (χ1v) is 10.1. The number of ether oxygens (including phenoxy) is 2. The van der Waals surface area contributed by atoms with Crippen LogP contribution in [0.25, 0.3) is 6.08 Å². The molecular weight excluding hydrogens is 398 g/mol. The van der Waals surface area contributed by atoms with Gasteiger partial charge in [-0.25, -0.2) is 4.99 Å². The lowest BCUT2D eigenvalue weighted by molar-refractivity contribution is 0.265. The zero-order valence-electron chi connectivity index (χ0n) is 16.2. The maximum Gasteiger partial charge on any atom is 0.289 e. The second-order valence-corrected chi connectivity index (χ2v) is 7.38. The molecule has 1 saturated heterocycles. The molecule has 0 aliphatic carbocycles. The molecule has 1 fully saturated rings. The summed E-state index contributed by atoms with van der Waals surface area (Å²) in [4.78, 5) is 21.5. The number of thioether (sulfide) groups is 1. The molecule has 0 bridgehead atoms. The largest absolute Gasteiger partial charge is 0.497 e. The number of hydrogen-bond acceptors (Lipinski definition) is 6. The van der Waals surface area contributed by atoms with Crippen LogP contribution in [0, 0.1) is 0 Å². The highest BCUT2D eigenvalue weighted by atomic mass is 32.2. The van der Waals surface area contributed by atoms with Crippen molar-refractivity contribution < 1.29 is 14.3 Å². The lowest BCUT2D eigenvalue weighted by Crippen LogP contribution is -2.18. The average Bonchev–Trinajstić information content (AvgIpc) is 3.12. The maximum absolute atomic E-state index is 11.9. The highest BCUT2D eigenvalue weighted by molar-refractivity contribution is 8.18. The van der Waals surface area contributed by atoms with Gasteiger partial charge in [-0.05, 0) is 59.8 Å². The van der Waals surface area contributed by atoms with E-state index in [0.29, 0.717) is 23.9 Å². The third-order valence-electron chi connectivity index (χ3n) is 4.24. The van der Waals surface area contributed by atoms with Gasteiger partial charge in [0.15, 0.2) is 0 Å². The Morgan fingerprint density at radius 3 is 2.70 bits per heavy atom. The smallest absolute Gasteiger partial charge is 0.289 e. The predicted molar refractivity (Wildman–Crippen MR) is 119 cm³/mol. The minimum Gasteiger partial charge on any atom is -0.497 e. The van der Waals surface area contributed by atoms with Gasteiger partial charge in [-0.15, -0.1) is 0 Å². The summed E-state index contributed by atoms with van der Waals surface area (Å²) in [7, 11) is 1.61. The van der Waals surface area contributed by atoms with Gasteiger partial charge in [0.05, 0.1) is 23.4 Å². The van der Waals surface area contributed by atoms with Gasteiger partial charge >= 0.3 is 0 Å². The molecule has 4 rings (SSSR count). The summed E-state index contributed by atoms with van der Waals surface area (Å²) >= 11 is 1.12. The minimum absolute atomic E-state index is 0.154. The van der Waals surface area contributed by atoms with Crippen LogP contribution in [-0.2, 0) is 6.61 Å². The van der Waals surface area contributed by atoms with Crippen molar-refractivity contribution in [2.45, 2.75) is 6.61 Å². The van der Waals surface area contributed by atoms with Crippen LogP contribution in [0.15, 0.2) is 82.8 Å². The van der Waals surface area contributed by atoms with E-state index in [4.69, 9.17) is 9.47 Å². The Labute approximate surface area is 178 Å². The van der Waals surface area contributed by atoms with Crippen molar-refractivity contribution >= 4 is 34.6 Å². The summed E-state index contributed by atoms with van der Waals surface area (Å²) < 4.78 is 11.0. The topological polar surface area (TPSA) is 72.8 Å². The SMILES string of the molecule is COc1cccc(N=C2NC(=O)S/C2=C/c2ccc(OCc3ccccn3)cc2)c1. The van der Waals surface area contributed by atoms with E-state index in [-0.39, 0.29) is 5.24 Å². The lowest BCUT2D eigenvalue weighted by atomic mass is 10.2. The van der Waals surface area contributed by atoms with Gasteiger partial charge < -0.3 is 14.8 Å². The average molecular weight is 417 g/mol. The predicted octanol–water partition coefficient (Wildman–Crippen LogP) is 5.20. The molecule has 3 aromatic rings. The molecule has 6 nitrogen and oxygen atoms in total. The van der Waals surface area contributed by atoms with Crippen LogP contribution in [0.1, 0.15) is 11.3 Å². The molecule has 0 unspecified atom stereocenters. The first-order chi connectivity index (χ1) is 14.7. The van der Waals surface area contributed by atoms with Gasteiger partial charge in [0.25, 0.3) is 5.24 Å². The zero-order valence-corrected chi connectivity index (χ0v) is 17.1. The Bertz CT molecular complexity index is 1100. The van der Waals surface area contributed by atoms with Gasteiger partial charge in [-0.1, -0.05) is 24.3 Å². The second kappa shape index (κ2) is 9.28. The molecule has 1 aliphatic rings. The Kier molecular flexibility index (Phi) is 6.10. The third kappa shape index (κ3) is 5.07. The number of hydrogen-bond donors (Lipinski definition) is 1. The van der Waals surface area contributed by atoms with Crippen molar-refractivity contribution in [2.24, 2.45) is 4.99 Å². The van der Waals surface area contributed by atoms with E-state index in [9.17, 15) is 4.79 Å². The number of nitrogens with one attached hydrogen (secondary N) is 1. The summed E-state index contributed by atoms with van der Waals surface area (Å²) in [5.41, 5.74) is 2.52. The number of methoxy groups -OCH3 is 1. The quantitative estimate of drug-likeness (QED) is 0.597. The van der Waals surface area contributed by atoms with Crippen LogP contribution < -0.4 is 14.8 Å². The van der Waals surface area contributed by atoms with Crippen molar-refractivity contribution in [1.29, 1.82) is 0 Å². The molecular formula is C23H19N3O3S. The van der Waals surface area contributed by atoms with E-state index < -0.39 is 0 Å². The van der Waals surface area contributed by atoms with Gasteiger partial charge in [-0.2, -0.15) is 0 Å². The fourth-order valence-corrected chi connectivity index (χ4v) is 3.51. The van der Waals surface area contributed by atoms with Crippen molar-refractivity contribution in [2.75, 3.05) is 7.11 Å². The molecule has 0 atom stereocenters. The van der Waals surface area contributed by atoms with Crippen molar-refractivity contribution in [1.82, 2.24) is 10.3 Å². The van der Waals surface area contributed by atoms with Crippen LogP contribution in [-0.4, -0.2) is 23.2 Å². The Morgan fingerprint density at radius 2 is 1.93 bits per heavy atom. The van der Waals surface area contributed by atoms with Gasteiger partial charge in [0, 0.05) is 12.3 Å². The molecule has 1 N–H and O–H groups in total. The number of aliphatic imine (C=N–C) groups is 1. The lowest BCUT2D eigenvalue weighted by Gasteiger charge is -2.06. The van der Waals surface area contributed by atoms with Gasteiger partial charge in [-0.3, -0.25) is 9.78 Å². The number of aromatic nitrogens is 1. The van der Waals surface area contributed by atoms with Crippen LogP contribution >= 0.6 is 11.8 Å². The zero-order chi connectivity index (χ0) is 20.8. The number of nitrogens with zero attached hydrogens (tertiary/aromatic N) is 2. The van der Waals surface area contributed by atoms with E-state index >= 15 is 0 Å². The number of pyridine rings is 1. The number of benzene rings is 2. The molecule has 1 aromatic heterocycles. The summed E-state index contributed by atoms with van der Waals surface area (Å²) in [5.74, 6) is 1.98. The number of rotatable bonds is 6. The van der Waals surface area contributed by atoms with E-state index in [1.807, 2.05) is 72.8 Å². The second-order valence-electron chi connectivity index (χ2n) is 6.36. The molecule has 0 spiro atoms. The fraction of sp³-hybridized carbons (Fsp3) is 0.0870. The standard InChI is InChI=1S/C23H19N3O3S/c1-28-20-7-4-6-17(14-20)25-22-21(30-23(27)26-22)13-16-8-10-19(11-9-16)29-15-18-5-2-3-12-24-18/h2-14H,15H2,1H3,(H,25,26,27)/b21-13+. The molecule has 1 amide bonds. The number of amidine groups is 1. The van der Waals surface area contributed by atoms with Gasteiger partial charge in [0.1, 0.15) is 23.9 Å². The monoisotopic (exact) mass is 417 g/mol. The summed E-state index contributed by atoms with van der Waals surface area (Å²) in [6, 6.07) is 20.8. The van der Waals surface area contributed by atoms with E-state index in [0.717, 1.165) is 33.7 Å². The molecule has 30 heavy (non-hydrogen) atoms. The summed E-state index contributed by atoms with van der Waals surface area (Å²) in [5, 5.41) is 2.64. The first-order valence-electron chi connectivity index (χ1n) is 9.26. The number of carbonyl (C=O) groups is 1. The Hall–Kier alpha value is -3.58. The molecule has 2 heterocycles. The van der Waals surface area contributed by atoms with Gasteiger partial charge in [0.2, 0.25) is 0 Å². The van der Waals surface area contributed by atoms with Crippen LogP contribution in [0.4, 0.5) is 10.5 Å². The minimum atomic E-state index is -0.154. The molecule has 150 valence electrons. The highest BCUT2D eigenvalue weighted by Crippen LogP contribution is 2.29. The van der Waals surface area contributed by atoms with Crippen LogP contribution in [0.2, 0.25) is 0 Å². The summed E-state index contributed by atoms with van der Waals surface area (Å²) in [6.07, 6.45) is 3.66. The van der Waals surface area contributed by atoms with Crippen molar-refractivity contribution in [3.05, 3.63) is 89.1 Å². The molecule has 1 aliphatic heterocycles. The fourth-order valence-electron chi connectivity index (χ4n) is 2.77. The highest BCUT2D eigenvalue weighted by Gasteiger charge is 2.23. The molecule has 0 saturated carbocycles. The van der Waals surface area contributed by atoms with E-state index in [1.54, 1.807) is 13.3 Å². The van der Waals surface area contributed by atoms with Crippen molar-refractivity contribution in [3.8, 4) is 11.5 Å². The van der Waals surface area contributed by atoms with E-state index in [1.165, 1.54) is 0 Å². The summed E-state index contributed by atoms with van der Waals surface area (Å²) in [6.45, 7) is 0.410. The Balaban J connectivity index is 1.49. The van der Waals surface area contributed by atoms with Crippen LogP contribution in [0.5, 0.6) is 11.5 Å². The van der Waals surface area contributed by atoms with Crippen LogP contribution in [0.3, 0.4) is 0 Å². The third-order valence-corrected chi connectivity index (χ3v) is 5.06. The number of carbonyl (C=O) groups excluding carboxylic acids is 1. The normalized spacial score (nSPS) is 16.0. The Morgan fingerprint density at radius 1 is 1.07 bits per heavy atom. The first kappa shape index (κ1) is 19.7. The molecule has 2 aromatic carbocycles. The van der Waals surface area contributed by atoms with Crippen molar-refractivity contribution in [3.63, 3.8) is 0 Å². The molecule has 0 radical (unpaired) electrons.